The molecule has 0 aliphatic carbocycles. The van der Waals surface area contributed by atoms with Gasteiger partial charge in [-0.3, -0.25) is 19.3 Å². The Morgan fingerprint density at radius 1 is 1.07 bits per heavy atom. The molecular weight excluding hydrogens is 380 g/mol. The van der Waals surface area contributed by atoms with Gasteiger partial charge in [-0.2, -0.15) is 0 Å². The highest BCUT2D eigenvalue weighted by atomic mass is 16.5. The number of ether oxygens (including phenoxy) is 1. The van der Waals surface area contributed by atoms with Crippen LogP contribution in [0, 0.1) is 0 Å². The summed E-state index contributed by atoms with van der Waals surface area (Å²) in [4.78, 5) is 38.0. The van der Waals surface area contributed by atoms with Crippen LogP contribution in [0.25, 0.3) is 0 Å². The third-order valence-corrected chi connectivity index (χ3v) is 5.11. The molecule has 0 aromatic heterocycles. The van der Waals surface area contributed by atoms with E-state index in [1.807, 2.05) is 30.3 Å². The van der Waals surface area contributed by atoms with Crippen LogP contribution in [0.2, 0.25) is 0 Å². The Morgan fingerprint density at radius 3 is 2.47 bits per heavy atom. The standard InChI is InChI=1S/C24H28N2O4/c1-24(2,3)18-8-10-19(11-9-18)30-15-13-25-21(27)12-14-26-22(28)16-17-6-4-5-7-20(17)23(26)29/h4-11H,12-16H2,1-3H3,(H,25,27). The number of amides is 3. The first-order chi connectivity index (χ1) is 14.3. The minimum absolute atomic E-state index is 0.0694. The number of nitrogens with zero attached hydrogens (tertiary/aromatic N) is 1. The van der Waals surface area contributed by atoms with Crippen molar-refractivity contribution in [3.05, 3.63) is 65.2 Å². The molecule has 30 heavy (non-hydrogen) atoms. The van der Waals surface area contributed by atoms with Crippen molar-refractivity contribution in [1.29, 1.82) is 0 Å². The van der Waals surface area contributed by atoms with Crippen LogP contribution in [0.15, 0.2) is 48.5 Å². The number of carbonyl (C=O) groups is 3. The Bertz CT molecular complexity index is 929. The molecule has 0 bridgehead atoms. The molecule has 3 amide bonds. The highest BCUT2D eigenvalue weighted by Gasteiger charge is 2.30. The predicted molar refractivity (Wildman–Crippen MR) is 114 cm³/mol. The minimum Gasteiger partial charge on any atom is -0.492 e. The van der Waals surface area contributed by atoms with Gasteiger partial charge in [0.25, 0.3) is 5.91 Å². The first-order valence-corrected chi connectivity index (χ1v) is 10.2. The molecular formula is C24H28N2O4. The van der Waals surface area contributed by atoms with Crippen molar-refractivity contribution in [3.8, 4) is 5.75 Å². The number of nitrogens with one attached hydrogen (secondary N) is 1. The van der Waals surface area contributed by atoms with Gasteiger partial charge in [-0.15, -0.1) is 0 Å². The zero-order chi connectivity index (χ0) is 21.7. The van der Waals surface area contributed by atoms with Crippen molar-refractivity contribution in [1.82, 2.24) is 10.2 Å². The minimum atomic E-state index is -0.336. The van der Waals surface area contributed by atoms with Crippen LogP contribution in [-0.4, -0.2) is 42.3 Å². The van der Waals surface area contributed by atoms with Crippen LogP contribution in [0.3, 0.4) is 0 Å². The summed E-state index contributed by atoms with van der Waals surface area (Å²) in [6, 6.07) is 15.0. The van der Waals surface area contributed by atoms with Gasteiger partial charge in [-0.05, 0) is 34.7 Å². The fourth-order valence-corrected chi connectivity index (χ4v) is 3.34. The molecule has 0 atom stereocenters. The van der Waals surface area contributed by atoms with Crippen molar-refractivity contribution < 1.29 is 19.1 Å². The first kappa shape index (κ1) is 21.6. The number of imide groups is 1. The molecule has 1 aliphatic heterocycles. The predicted octanol–water partition coefficient (Wildman–Crippen LogP) is 3.09. The summed E-state index contributed by atoms with van der Waals surface area (Å²) in [6.07, 6.45) is 0.255. The molecule has 1 aliphatic rings. The van der Waals surface area contributed by atoms with Crippen LogP contribution >= 0.6 is 0 Å². The summed E-state index contributed by atoms with van der Waals surface area (Å²) in [5, 5.41) is 2.76. The Hall–Kier alpha value is -3.15. The summed E-state index contributed by atoms with van der Waals surface area (Å²) in [5.41, 5.74) is 2.59. The van der Waals surface area contributed by atoms with Crippen molar-refractivity contribution in [2.75, 3.05) is 19.7 Å². The monoisotopic (exact) mass is 408 g/mol. The lowest BCUT2D eigenvalue weighted by molar-refractivity contribution is -0.129. The summed E-state index contributed by atoms with van der Waals surface area (Å²) < 4.78 is 5.66. The van der Waals surface area contributed by atoms with Crippen LogP contribution in [0.5, 0.6) is 5.75 Å². The normalized spacial score (nSPS) is 13.8. The maximum atomic E-state index is 12.5. The summed E-state index contributed by atoms with van der Waals surface area (Å²) in [7, 11) is 0. The molecule has 0 fully saturated rings. The Balaban J connectivity index is 1.40. The molecule has 2 aromatic carbocycles. The van der Waals surface area contributed by atoms with Gasteiger partial charge in [0.05, 0.1) is 13.0 Å². The van der Waals surface area contributed by atoms with Crippen molar-refractivity contribution in [2.24, 2.45) is 0 Å². The largest absolute Gasteiger partial charge is 0.492 e. The van der Waals surface area contributed by atoms with E-state index >= 15 is 0 Å². The summed E-state index contributed by atoms with van der Waals surface area (Å²) in [5.74, 6) is -0.0770. The molecule has 0 saturated heterocycles. The van der Waals surface area contributed by atoms with Gasteiger partial charge in [0.2, 0.25) is 11.8 Å². The highest BCUT2D eigenvalue weighted by Crippen LogP contribution is 2.24. The average Bonchev–Trinajstić information content (AvgIpc) is 2.71. The van der Waals surface area contributed by atoms with Crippen LogP contribution in [-0.2, 0) is 21.4 Å². The molecule has 0 radical (unpaired) electrons. The zero-order valence-corrected chi connectivity index (χ0v) is 17.7. The molecule has 0 spiro atoms. The van der Waals surface area contributed by atoms with Gasteiger partial charge in [-0.1, -0.05) is 51.1 Å². The number of hydrogen-bond donors (Lipinski definition) is 1. The van der Waals surface area contributed by atoms with E-state index < -0.39 is 0 Å². The third-order valence-electron chi connectivity index (χ3n) is 5.11. The second-order valence-electron chi connectivity index (χ2n) is 8.41. The lowest BCUT2D eigenvalue weighted by Crippen LogP contribution is -2.44. The molecule has 6 heteroatoms. The Labute approximate surface area is 177 Å². The lowest BCUT2D eigenvalue weighted by Gasteiger charge is -2.26. The van der Waals surface area contributed by atoms with Crippen molar-refractivity contribution in [3.63, 3.8) is 0 Å². The van der Waals surface area contributed by atoms with E-state index in [0.717, 1.165) is 16.2 Å². The first-order valence-electron chi connectivity index (χ1n) is 10.2. The molecule has 2 aromatic rings. The van der Waals surface area contributed by atoms with E-state index in [0.29, 0.717) is 18.7 Å². The van der Waals surface area contributed by atoms with E-state index in [2.05, 4.69) is 26.1 Å². The quantitative estimate of drug-likeness (QED) is 0.564. The smallest absolute Gasteiger partial charge is 0.260 e. The maximum absolute atomic E-state index is 12.5. The molecule has 1 N–H and O–H groups in total. The maximum Gasteiger partial charge on any atom is 0.260 e. The number of hydrogen-bond acceptors (Lipinski definition) is 4. The van der Waals surface area contributed by atoms with Gasteiger partial charge >= 0.3 is 0 Å². The van der Waals surface area contributed by atoms with Gasteiger partial charge < -0.3 is 10.1 Å². The fourth-order valence-electron chi connectivity index (χ4n) is 3.34. The topological polar surface area (TPSA) is 75.7 Å². The lowest BCUT2D eigenvalue weighted by atomic mass is 9.87. The number of carbonyl (C=O) groups excluding carboxylic acids is 3. The van der Waals surface area contributed by atoms with E-state index in [9.17, 15) is 14.4 Å². The SMILES string of the molecule is CC(C)(C)c1ccc(OCCNC(=O)CCN2C(=O)Cc3ccccc3C2=O)cc1. The van der Waals surface area contributed by atoms with E-state index in [-0.39, 0.29) is 42.5 Å². The molecule has 0 unspecified atom stereocenters. The third kappa shape index (κ3) is 5.26. The average molecular weight is 408 g/mol. The molecule has 3 rings (SSSR count). The zero-order valence-electron chi connectivity index (χ0n) is 17.7. The molecule has 158 valence electrons. The molecule has 0 saturated carbocycles. The van der Waals surface area contributed by atoms with Gasteiger partial charge in [0.15, 0.2) is 0 Å². The Kier molecular flexibility index (Phi) is 6.55. The Morgan fingerprint density at radius 2 is 1.77 bits per heavy atom. The van der Waals surface area contributed by atoms with Crippen molar-refractivity contribution >= 4 is 17.7 Å². The van der Waals surface area contributed by atoms with Crippen LogP contribution < -0.4 is 10.1 Å². The molecule has 1 heterocycles. The van der Waals surface area contributed by atoms with Gasteiger partial charge in [0.1, 0.15) is 12.4 Å². The molecule has 6 nitrogen and oxygen atoms in total. The van der Waals surface area contributed by atoms with Gasteiger partial charge in [-0.25, -0.2) is 0 Å². The van der Waals surface area contributed by atoms with Gasteiger partial charge in [0, 0.05) is 18.5 Å². The van der Waals surface area contributed by atoms with Crippen LogP contribution in [0.1, 0.15) is 48.7 Å². The summed E-state index contributed by atoms with van der Waals surface area (Å²) >= 11 is 0. The number of benzene rings is 2. The van der Waals surface area contributed by atoms with E-state index in [1.165, 1.54) is 5.56 Å². The van der Waals surface area contributed by atoms with Crippen LogP contribution in [0.4, 0.5) is 0 Å². The van der Waals surface area contributed by atoms with Crippen molar-refractivity contribution in [2.45, 2.75) is 39.0 Å². The second kappa shape index (κ2) is 9.11. The number of fused-ring (bicyclic) bond motifs is 1. The number of rotatable bonds is 7. The second-order valence-corrected chi connectivity index (χ2v) is 8.41. The van der Waals surface area contributed by atoms with E-state index in [1.54, 1.807) is 18.2 Å². The summed E-state index contributed by atoms with van der Waals surface area (Å²) in [6.45, 7) is 7.24. The fraction of sp³-hybridized carbons (Fsp3) is 0.375. The van der Waals surface area contributed by atoms with E-state index in [4.69, 9.17) is 4.74 Å². The highest BCUT2D eigenvalue weighted by molar-refractivity contribution is 6.09.